The molecular weight excluding hydrogens is 181 g/mol. The maximum atomic E-state index is 11.7. The van der Waals surface area contributed by atoms with Crippen molar-refractivity contribution in [3.63, 3.8) is 0 Å². The van der Waals surface area contributed by atoms with Crippen molar-refractivity contribution >= 4 is 0 Å². The number of hydrogen-bond donors (Lipinski definition) is 2. The second kappa shape index (κ2) is 4.81. The number of hydrogen-bond acceptors (Lipinski definition) is 2. The summed E-state index contributed by atoms with van der Waals surface area (Å²) in [4.78, 5) is 0. The highest BCUT2D eigenvalue weighted by molar-refractivity contribution is 4.76. The molecule has 0 bridgehead atoms. The third-order valence-corrected chi connectivity index (χ3v) is 1.93. The lowest BCUT2D eigenvalue weighted by molar-refractivity contribution is -0.124. The zero-order valence-corrected chi connectivity index (χ0v) is 8.26. The van der Waals surface area contributed by atoms with E-state index in [9.17, 15) is 13.2 Å². The van der Waals surface area contributed by atoms with E-state index in [4.69, 9.17) is 0 Å². The Kier molecular flexibility index (Phi) is 4.70. The lowest BCUT2D eigenvalue weighted by Crippen LogP contribution is -2.40. The highest BCUT2D eigenvalue weighted by Gasteiger charge is 2.26. The molecule has 0 aliphatic rings. The van der Waals surface area contributed by atoms with Crippen molar-refractivity contribution in [2.24, 2.45) is 0 Å². The number of nitrogens with one attached hydrogen (secondary N) is 2. The molecule has 0 aromatic carbocycles. The van der Waals surface area contributed by atoms with Crippen LogP contribution in [-0.2, 0) is 0 Å². The van der Waals surface area contributed by atoms with Crippen LogP contribution in [0.15, 0.2) is 0 Å². The van der Waals surface area contributed by atoms with Gasteiger partial charge in [-0.05, 0) is 33.9 Å². The first-order valence-corrected chi connectivity index (χ1v) is 4.23. The lowest BCUT2D eigenvalue weighted by Gasteiger charge is -2.24. The predicted octanol–water partition coefficient (Wildman–Crippen LogP) is 1.53. The zero-order chi connectivity index (χ0) is 10.5. The molecule has 80 valence electrons. The van der Waals surface area contributed by atoms with Crippen LogP contribution in [0.25, 0.3) is 0 Å². The first-order valence-electron chi connectivity index (χ1n) is 4.23. The van der Waals surface area contributed by atoms with E-state index < -0.39 is 12.7 Å². The molecule has 0 aromatic rings. The molecule has 0 spiro atoms. The topological polar surface area (TPSA) is 24.1 Å². The van der Waals surface area contributed by atoms with Gasteiger partial charge in [-0.2, -0.15) is 13.2 Å². The van der Waals surface area contributed by atoms with Crippen molar-refractivity contribution in [3.05, 3.63) is 0 Å². The molecule has 13 heavy (non-hydrogen) atoms. The summed E-state index contributed by atoms with van der Waals surface area (Å²) < 4.78 is 35.0. The molecule has 0 unspecified atom stereocenters. The van der Waals surface area contributed by atoms with E-state index in [0.29, 0.717) is 13.0 Å². The van der Waals surface area contributed by atoms with Gasteiger partial charge >= 0.3 is 6.18 Å². The number of rotatable bonds is 5. The van der Waals surface area contributed by atoms with Gasteiger partial charge < -0.3 is 10.6 Å². The van der Waals surface area contributed by atoms with Gasteiger partial charge in [0.25, 0.3) is 0 Å². The number of alkyl halides is 3. The molecule has 0 fully saturated rings. The van der Waals surface area contributed by atoms with Gasteiger partial charge in [-0.1, -0.05) is 0 Å². The molecule has 0 atom stereocenters. The molecule has 2 N–H and O–H groups in total. The van der Waals surface area contributed by atoms with E-state index >= 15 is 0 Å². The van der Waals surface area contributed by atoms with Crippen LogP contribution in [0.5, 0.6) is 0 Å². The van der Waals surface area contributed by atoms with Crippen molar-refractivity contribution in [1.29, 1.82) is 0 Å². The lowest BCUT2D eigenvalue weighted by atomic mass is 10.0. The van der Waals surface area contributed by atoms with Crippen LogP contribution in [0.1, 0.15) is 20.3 Å². The molecule has 0 heterocycles. The number of halogens is 3. The Bertz CT molecular complexity index is 143. The fourth-order valence-electron chi connectivity index (χ4n) is 0.756. The molecular formula is C8H17F3N2. The Morgan fingerprint density at radius 1 is 1.15 bits per heavy atom. The molecule has 0 saturated carbocycles. The van der Waals surface area contributed by atoms with Crippen LogP contribution < -0.4 is 10.6 Å². The quantitative estimate of drug-likeness (QED) is 0.654. The average molecular weight is 198 g/mol. The van der Waals surface area contributed by atoms with Gasteiger partial charge in [0.15, 0.2) is 0 Å². The molecule has 0 aliphatic heterocycles. The van der Waals surface area contributed by atoms with E-state index in [1.54, 1.807) is 7.05 Å². The molecule has 0 rings (SSSR count). The van der Waals surface area contributed by atoms with Gasteiger partial charge in [-0.25, -0.2) is 0 Å². The van der Waals surface area contributed by atoms with Crippen LogP contribution >= 0.6 is 0 Å². The van der Waals surface area contributed by atoms with Crippen molar-refractivity contribution < 1.29 is 13.2 Å². The third-order valence-electron chi connectivity index (χ3n) is 1.93. The Balaban J connectivity index is 3.47. The fraction of sp³-hybridized carbons (Fsp3) is 1.00. The average Bonchev–Trinajstić information content (AvgIpc) is 1.97. The van der Waals surface area contributed by atoms with Gasteiger partial charge in [0.2, 0.25) is 0 Å². The minimum atomic E-state index is -4.11. The SMILES string of the molecule is CNC(C)(C)CCNCC(F)(F)F. The van der Waals surface area contributed by atoms with E-state index in [0.717, 1.165) is 0 Å². The van der Waals surface area contributed by atoms with Crippen molar-refractivity contribution in [2.75, 3.05) is 20.1 Å². The molecule has 0 amide bonds. The van der Waals surface area contributed by atoms with Crippen LogP contribution in [-0.4, -0.2) is 31.9 Å². The highest BCUT2D eigenvalue weighted by atomic mass is 19.4. The standard InChI is InChI=1S/C8H17F3N2/c1-7(2,12-3)4-5-13-6-8(9,10)11/h12-13H,4-6H2,1-3H3. The monoisotopic (exact) mass is 198 g/mol. The predicted molar refractivity (Wildman–Crippen MR) is 46.7 cm³/mol. The first-order chi connectivity index (χ1) is 5.77. The Morgan fingerprint density at radius 2 is 1.69 bits per heavy atom. The van der Waals surface area contributed by atoms with Crippen molar-refractivity contribution in [3.8, 4) is 0 Å². The zero-order valence-electron chi connectivity index (χ0n) is 8.26. The normalized spacial score (nSPS) is 13.4. The molecule has 2 nitrogen and oxygen atoms in total. The fourth-order valence-corrected chi connectivity index (χ4v) is 0.756. The maximum absolute atomic E-state index is 11.7. The van der Waals surface area contributed by atoms with E-state index in [1.807, 2.05) is 13.8 Å². The molecule has 0 radical (unpaired) electrons. The minimum absolute atomic E-state index is 0.113. The summed E-state index contributed by atoms with van der Waals surface area (Å²) in [6.45, 7) is 3.35. The van der Waals surface area contributed by atoms with Crippen molar-refractivity contribution in [1.82, 2.24) is 10.6 Å². The highest BCUT2D eigenvalue weighted by Crippen LogP contribution is 2.12. The van der Waals surface area contributed by atoms with Crippen molar-refractivity contribution in [2.45, 2.75) is 32.0 Å². The van der Waals surface area contributed by atoms with Gasteiger partial charge in [-0.15, -0.1) is 0 Å². The smallest absolute Gasteiger partial charge is 0.315 e. The summed E-state index contributed by atoms with van der Waals surface area (Å²) in [5, 5.41) is 5.37. The molecule has 0 aromatic heterocycles. The van der Waals surface area contributed by atoms with Gasteiger partial charge in [0.05, 0.1) is 6.54 Å². The molecule has 0 saturated heterocycles. The van der Waals surface area contributed by atoms with E-state index in [2.05, 4.69) is 10.6 Å². The second-order valence-corrected chi connectivity index (χ2v) is 3.68. The minimum Gasteiger partial charge on any atom is -0.315 e. The van der Waals surface area contributed by atoms with Gasteiger partial charge in [-0.3, -0.25) is 0 Å². The summed E-state index contributed by atoms with van der Waals surface area (Å²) in [5.74, 6) is 0. The summed E-state index contributed by atoms with van der Waals surface area (Å²) >= 11 is 0. The Morgan fingerprint density at radius 3 is 2.08 bits per heavy atom. The Hall–Kier alpha value is -0.290. The van der Waals surface area contributed by atoms with E-state index in [-0.39, 0.29) is 5.54 Å². The molecule has 5 heteroatoms. The summed E-state index contributed by atoms with van der Waals surface area (Å²) in [7, 11) is 1.80. The van der Waals surface area contributed by atoms with Crippen LogP contribution in [0.3, 0.4) is 0 Å². The van der Waals surface area contributed by atoms with Crippen LogP contribution in [0.2, 0.25) is 0 Å². The molecule has 0 aliphatic carbocycles. The second-order valence-electron chi connectivity index (χ2n) is 3.68. The third kappa shape index (κ3) is 8.05. The van der Waals surface area contributed by atoms with Gasteiger partial charge in [0.1, 0.15) is 0 Å². The summed E-state index contributed by atoms with van der Waals surface area (Å²) in [5.41, 5.74) is -0.113. The van der Waals surface area contributed by atoms with Crippen LogP contribution in [0.4, 0.5) is 13.2 Å². The first kappa shape index (κ1) is 12.7. The summed E-state index contributed by atoms with van der Waals surface area (Å²) in [6, 6.07) is 0. The largest absolute Gasteiger partial charge is 0.401 e. The van der Waals surface area contributed by atoms with Gasteiger partial charge in [0, 0.05) is 5.54 Å². The Labute approximate surface area is 76.9 Å². The van der Waals surface area contributed by atoms with Crippen LogP contribution in [0, 0.1) is 0 Å². The summed E-state index contributed by atoms with van der Waals surface area (Å²) in [6.07, 6.45) is -3.44. The van der Waals surface area contributed by atoms with E-state index in [1.165, 1.54) is 0 Å². The maximum Gasteiger partial charge on any atom is 0.401 e.